The Morgan fingerprint density at radius 1 is 1.35 bits per heavy atom. The third kappa shape index (κ3) is 4.59. The van der Waals surface area contributed by atoms with Gasteiger partial charge in [-0.15, -0.1) is 0 Å². The van der Waals surface area contributed by atoms with Crippen LogP contribution in [0.2, 0.25) is 0 Å². The Kier molecular flexibility index (Phi) is 4.68. The minimum Gasteiger partial charge on any atom is -0.481 e. The van der Waals surface area contributed by atoms with Gasteiger partial charge in [-0.05, 0) is 6.07 Å². The molecule has 0 aliphatic heterocycles. The number of carboxylic acid groups (broad SMARTS) is 1. The van der Waals surface area contributed by atoms with Gasteiger partial charge in [0.15, 0.2) is 0 Å². The van der Waals surface area contributed by atoms with Gasteiger partial charge in [0.2, 0.25) is 11.8 Å². The van der Waals surface area contributed by atoms with Gasteiger partial charge < -0.3 is 15.2 Å². The lowest BCUT2D eigenvalue weighted by Gasteiger charge is -2.10. The van der Waals surface area contributed by atoms with Crippen LogP contribution >= 0.6 is 0 Å². The first-order valence-corrected chi connectivity index (χ1v) is 5.07. The number of carboxylic acids is 1. The van der Waals surface area contributed by atoms with Crippen LogP contribution in [0.1, 0.15) is 5.56 Å². The second-order valence-corrected chi connectivity index (χ2v) is 3.44. The predicted octanol–water partition coefficient (Wildman–Crippen LogP) is 1.69. The zero-order valence-electron chi connectivity index (χ0n) is 10.1. The van der Waals surface area contributed by atoms with Gasteiger partial charge in [0.05, 0.1) is 12.7 Å². The molecule has 1 aromatic heterocycles. The van der Waals surface area contributed by atoms with Gasteiger partial charge in [0, 0.05) is 18.2 Å². The van der Waals surface area contributed by atoms with Crippen molar-refractivity contribution in [2.24, 2.45) is 0 Å². The van der Waals surface area contributed by atoms with E-state index in [1.807, 2.05) is 5.32 Å². The van der Waals surface area contributed by atoms with Gasteiger partial charge >= 0.3 is 12.1 Å². The van der Waals surface area contributed by atoms with E-state index in [1.54, 1.807) is 0 Å². The SMILES string of the molecule is COc1cc(C(F)(F)F)cc(NC(=O)/C=C\C(=O)O)n1. The number of nitrogens with one attached hydrogen (secondary N) is 1. The quantitative estimate of drug-likeness (QED) is 0.824. The molecule has 20 heavy (non-hydrogen) atoms. The number of rotatable bonds is 4. The van der Waals surface area contributed by atoms with Crippen LogP contribution in [0.15, 0.2) is 24.3 Å². The lowest BCUT2D eigenvalue weighted by atomic mass is 10.2. The minimum absolute atomic E-state index is 0.336. The zero-order valence-corrected chi connectivity index (χ0v) is 10.1. The highest BCUT2D eigenvalue weighted by Gasteiger charge is 2.32. The molecule has 0 atom stereocenters. The monoisotopic (exact) mass is 290 g/mol. The molecule has 0 spiro atoms. The van der Waals surface area contributed by atoms with E-state index in [-0.39, 0.29) is 5.88 Å². The van der Waals surface area contributed by atoms with Crippen molar-refractivity contribution in [3.8, 4) is 5.88 Å². The van der Waals surface area contributed by atoms with Gasteiger partial charge in [-0.3, -0.25) is 4.79 Å². The normalized spacial score (nSPS) is 11.4. The number of aliphatic carboxylic acids is 1. The molecule has 0 aliphatic carbocycles. The van der Waals surface area contributed by atoms with Crippen LogP contribution < -0.4 is 10.1 Å². The fourth-order valence-electron chi connectivity index (χ4n) is 1.15. The van der Waals surface area contributed by atoms with Gasteiger partial charge in [0.1, 0.15) is 5.82 Å². The minimum atomic E-state index is -4.63. The summed E-state index contributed by atoms with van der Waals surface area (Å²) in [6.45, 7) is 0. The number of hydrogen-bond acceptors (Lipinski definition) is 4. The van der Waals surface area contributed by atoms with E-state index < -0.39 is 29.4 Å². The largest absolute Gasteiger partial charge is 0.481 e. The highest BCUT2D eigenvalue weighted by atomic mass is 19.4. The maximum Gasteiger partial charge on any atom is 0.416 e. The van der Waals surface area contributed by atoms with Crippen LogP contribution in [-0.2, 0) is 15.8 Å². The standard InChI is InChI=1S/C11H9F3N2O4/c1-20-9-5-6(11(12,13)14)4-7(16-9)15-8(17)2-3-10(18)19/h2-5H,1H3,(H,18,19)(H,15,16,17)/b3-2-. The zero-order chi connectivity index (χ0) is 15.3. The second kappa shape index (κ2) is 6.04. The number of ether oxygens (including phenoxy) is 1. The summed E-state index contributed by atoms with van der Waals surface area (Å²) >= 11 is 0. The lowest BCUT2D eigenvalue weighted by molar-refractivity contribution is -0.137. The number of methoxy groups -OCH3 is 1. The van der Waals surface area contributed by atoms with Crippen LogP contribution in [-0.4, -0.2) is 29.1 Å². The van der Waals surface area contributed by atoms with E-state index in [0.29, 0.717) is 24.3 Å². The summed E-state index contributed by atoms with van der Waals surface area (Å²) in [5.41, 5.74) is -1.05. The molecule has 1 amide bonds. The number of amides is 1. The second-order valence-electron chi connectivity index (χ2n) is 3.44. The summed E-state index contributed by atoms with van der Waals surface area (Å²) in [7, 11) is 1.12. The highest BCUT2D eigenvalue weighted by molar-refractivity contribution is 6.01. The van der Waals surface area contributed by atoms with Crippen molar-refractivity contribution in [3.63, 3.8) is 0 Å². The van der Waals surface area contributed by atoms with Crippen molar-refractivity contribution in [2.75, 3.05) is 12.4 Å². The maximum atomic E-state index is 12.6. The van der Waals surface area contributed by atoms with Crippen molar-refractivity contribution in [1.82, 2.24) is 4.98 Å². The number of halogens is 3. The summed E-state index contributed by atoms with van der Waals surface area (Å²) < 4.78 is 42.4. The number of alkyl halides is 3. The average Bonchev–Trinajstić information content (AvgIpc) is 2.34. The van der Waals surface area contributed by atoms with E-state index in [9.17, 15) is 22.8 Å². The molecular weight excluding hydrogens is 281 g/mol. The molecule has 6 nitrogen and oxygen atoms in total. The van der Waals surface area contributed by atoms with Crippen molar-refractivity contribution in [1.29, 1.82) is 0 Å². The molecule has 0 saturated carbocycles. The van der Waals surface area contributed by atoms with Crippen molar-refractivity contribution >= 4 is 17.7 Å². The summed E-state index contributed by atoms with van der Waals surface area (Å²) in [6, 6.07) is 1.28. The van der Waals surface area contributed by atoms with Crippen molar-refractivity contribution in [2.45, 2.75) is 6.18 Å². The Morgan fingerprint density at radius 3 is 2.50 bits per heavy atom. The number of hydrogen-bond donors (Lipinski definition) is 2. The molecule has 0 bridgehead atoms. The molecular formula is C11H9F3N2O4. The summed E-state index contributed by atoms with van der Waals surface area (Å²) in [5, 5.41) is 10.3. The van der Waals surface area contributed by atoms with Crippen LogP contribution in [0.5, 0.6) is 5.88 Å². The molecule has 1 heterocycles. The number of carbonyl (C=O) groups excluding carboxylic acids is 1. The molecule has 0 aromatic carbocycles. The Balaban J connectivity index is 3.00. The summed E-state index contributed by atoms with van der Waals surface area (Å²) in [5.74, 6) is -3.04. The Bertz CT molecular complexity index is 555. The van der Waals surface area contributed by atoms with Crippen LogP contribution in [0.4, 0.5) is 19.0 Å². The van der Waals surface area contributed by atoms with Crippen LogP contribution in [0.3, 0.4) is 0 Å². The predicted molar refractivity (Wildman–Crippen MR) is 61.2 cm³/mol. The number of anilines is 1. The molecule has 0 unspecified atom stereocenters. The van der Waals surface area contributed by atoms with Crippen molar-refractivity contribution < 1.29 is 32.6 Å². The van der Waals surface area contributed by atoms with Crippen LogP contribution in [0, 0.1) is 0 Å². The topological polar surface area (TPSA) is 88.5 Å². The molecule has 2 N–H and O–H groups in total. The third-order valence-electron chi connectivity index (χ3n) is 1.97. The molecule has 1 rings (SSSR count). The third-order valence-corrected chi connectivity index (χ3v) is 1.97. The number of pyridine rings is 1. The Morgan fingerprint density at radius 2 is 2.00 bits per heavy atom. The van der Waals surface area contributed by atoms with Gasteiger partial charge in [-0.1, -0.05) is 0 Å². The lowest BCUT2D eigenvalue weighted by Crippen LogP contribution is -2.13. The van der Waals surface area contributed by atoms with Crippen molar-refractivity contribution in [3.05, 3.63) is 29.8 Å². The maximum absolute atomic E-state index is 12.6. The van der Waals surface area contributed by atoms with Crippen LogP contribution in [0.25, 0.3) is 0 Å². The molecule has 1 aromatic rings. The first-order chi connectivity index (χ1) is 9.22. The first kappa shape index (κ1) is 15.5. The van der Waals surface area contributed by atoms with Gasteiger partial charge in [-0.2, -0.15) is 18.2 Å². The van der Waals surface area contributed by atoms with E-state index in [4.69, 9.17) is 5.11 Å². The molecule has 0 fully saturated rings. The first-order valence-electron chi connectivity index (χ1n) is 5.07. The molecule has 108 valence electrons. The molecule has 9 heteroatoms. The summed E-state index contributed by atoms with van der Waals surface area (Å²) in [4.78, 5) is 25.0. The number of nitrogens with zero attached hydrogens (tertiary/aromatic N) is 1. The highest BCUT2D eigenvalue weighted by Crippen LogP contribution is 2.32. The van der Waals surface area contributed by atoms with E-state index in [2.05, 4.69) is 9.72 Å². The Labute approximate surface area is 110 Å². The Hall–Kier alpha value is -2.58. The number of aromatic nitrogens is 1. The molecule has 0 radical (unpaired) electrons. The van der Waals surface area contributed by atoms with Gasteiger partial charge in [0.25, 0.3) is 0 Å². The fraction of sp³-hybridized carbons (Fsp3) is 0.182. The van der Waals surface area contributed by atoms with E-state index >= 15 is 0 Å². The fourth-order valence-corrected chi connectivity index (χ4v) is 1.15. The number of carbonyl (C=O) groups is 2. The molecule has 0 saturated heterocycles. The average molecular weight is 290 g/mol. The summed E-state index contributed by atoms with van der Waals surface area (Å²) in [6.07, 6.45) is -3.44. The van der Waals surface area contributed by atoms with E-state index in [1.165, 1.54) is 0 Å². The smallest absolute Gasteiger partial charge is 0.416 e. The van der Waals surface area contributed by atoms with Gasteiger partial charge in [-0.25, -0.2) is 4.79 Å². The van der Waals surface area contributed by atoms with E-state index in [0.717, 1.165) is 7.11 Å². The molecule has 0 aliphatic rings.